The smallest absolute Gasteiger partial charge is 0.344 e. The predicted molar refractivity (Wildman–Crippen MR) is 123 cm³/mol. The number of anilines is 1. The van der Waals surface area contributed by atoms with Crippen LogP contribution in [0.4, 0.5) is 5.82 Å². The Balaban J connectivity index is 1.30. The molecule has 1 aromatic carbocycles. The summed E-state index contributed by atoms with van der Waals surface area (Å²) in [6.07, 6.45) is -3.66. The van der Waals surface area contributed by atoms with Gasteiger partial charge in [0.15, 0.2) is 34.6 Å². The van der Waals surface area contributed by atoms with Gasteiger partial charge in [0.05, 0.1) is 13.4 Å². The van der Waals surface area contributed by atoms with Gasteiger partial charge >= 0.3 is 12.0 Å². The van der Waals surface area contributed by atoms with E-state index < -0.39 is 41.7 Å². The summed E-state index contributed by atoms with van der Waals surface area (Å²) in [5.74, 6) is -1.35. The molecule has 2 fully saturated rings. The standard InChI is InChI=1S/C21H23N9O7/c1-35-19-24-14(22)10-15(25-19)30(8-23-10)16-11(31)21(34)12(36-16)13(21)37-20(18(32)33,17-26-28-29-27-17)7-9-5-3-2-4-6-9/h2-6,8,11-13,16,28-29,31,34H,7H2,1H3,(H,26,27)(H,32,33)(H2,22,24,25)/t11-,12+,13?,16+,20-,21-/m0/s1. The summed E-state index contributed by atoms with van der Waals surface area (Å²) >= 11 is 0. The van der Waals surface area contributed by atoms with E-state index >= 15 is 0 Å². The van der Waals surface area contributed by atoms with E-state index in [1.54, 1.807) is 30.3 Å². The molecule has 6 atom stereocenters. The van der Waals surface area contributed by atoms with Gasteiger partial charge in [-0.1, -0.05) is 30.3 Å². The lowest BCUT2D eigenvalue weighted by molar-refractivity contribution is -0.170. The van der Waals surface area contributed by atoms with Crippen molar-refractivity contribution in [3.63, 3.8) is 0 Å². The van der Waals surface area contributed by atoms with Crippen LogP contribution in [0.5, 0.6) is 6.01 Å². The fourth-order valence-corrected chi connectivity index (χ4v) is 4.77. The van der Waals surface area contributed by atoms with Crippen molar-refractivity contribution in [3.8, 4) is 6.01 Å². The maximum atomic E-state index is 12.6. The molecule has 6 rings (SSSR count). The zero-order valence-electron chi connectivity index (χ0n) is 19.3. The van der Waals surface area contributed by atoms with E-state index in [-0.39, 0.29) is 35.2 Å². The predicted octanol–water partition coefficient (Wildman–Crippen LogP) is -2.20. The van der Waals surface area contributed by atoms with Crippen molar-refractivity contribution < 1.29 is 34.3 Å². The quantitative estimate of drug-likeness (QED) is 0.170. The lowest BCUT2D eigenvalue weighted by atomic mass is 9.92. The van der Waals surface area contributed by atoms with Crippen molar-refractivity contribution in [2.45, 2.75) is 42.2 Å². The molecule has 4 heterocycles. The van der Waals surface area contributed by atoms with Gasteiger partial charge in [-0.15, -0.1) is 10.6 Å². The van der Waals surface area contributed by atoms with E-state index in [0.717, 1.165) is 0 Å². The number of amidine groups is 1. The monoisotopic (exact) mass is 513 g/mol. The van der Waals surface area contributed by atoms with E-state index in [2.05, 4.69) is 36.5 Å². The average molecular weight is 513 g/mol. The second-order valence-electron chi connectivity index (χ2n) is 8.85. The van der Waals surface area contributed by atoms with Gasteiger partial charge in [0.1, 0.15) is 18.3 Å². The molecule has 1 aliphatic carbocycles. The molecule has 0 spiro atoms. The Bertz CT molecular complexity index is 1400. The molecule has 194 valence electrons. The fourth-order valence-electron chi connectivity index (χ4n) is 4.77. The van der Waals surface area contributed by atoms with Crippen molar-refractivity contribution in [2.24, 2.45) is 5.10 Å². The minimum Gasteiger partial charge on any atom is -0.479 e. The van der Waals surface area contributed by atoms with Gasteiger partial charge in [-0.25, -0.2) is 15.3 Å². The number of aliphatic hydroxyl groups excluding tert-OH is 1. The molecule has 1 saturated carbocycles. The Labute approximate surface area is 208 Å². The molecule has 16 heteroatoms. The summed E-state index contributed by atoms with van der Waals surface area (Å²) in [5, 5.41) is 36.7. The van der Waals surface area contributed by atoms with Crippen LogP contribution >= 0.6 is 0 Å². The first-order valence-electron chi connectivity index (χ1n) is 11.2. The molecule has 1 saturated heterocycles. The first-order chi connectivity index (χ1) is 17.8. The Morgan fingerprint density at radius 2 is 2.11 bits per heavy atom. The number of carboxylic acids is 1. The number of nitrogen functional groups attached to an aromatic ring is 1. The van der Waals surface area contributed by atoms with Crippen molar-refractivity contribution in [2.75, 3.05) is 12.8 Å². The third-order valence-electron chi connectivity index (χ3n) is 6.75. The van der Waals surface area contributed by atoms with E-state index in [0.29, 0.717) is 5.56 Å². The number of methoxy groups -OCH3 is 1. The molecule has 2 aliphatic heterocycles. The second-order valence-corrected chi connectivity index (χ2v) is 8.85. The summed E-state index contributed by atoms with van der Waals surface area (Å²) in [6.45, 7) is 0. The number of fused-ring (bicyclic) bond motifs is 2. The lowest BCUT2D eigenvalue weighted by Crippen LogP contribution is -2.58. The number of nitrogens with zero attached hydrogens (tertiary/aromatic N) is 5. The van der Waals surface area contributed by atoms with Crippen molar-refractivity contribution >= 4 is 28.8 Å². The molecule has 0 radical (unpaired) electrons. The number of nitrogens with one attached hydrogen (secondary N) is 3. The zero-order valence-corrected chi connectivity index (χ0v) is 19.3. The highest BCUT2D eigenvalue weighted by Gasteiger charge is 2.79. The third-order valence-corrected chi connectivity index (χ3v) is 6.75. The first-order valence-corrected chi connectivity index (χ1v) is 11.2. The van der Waals surface area contributed by atoms with E-state index in [1.807, 2.05) is 0 Å². The van der Waals surface area contributed by atoms with Crippen molar-refractivity contribution in [3.05, 3.63) is 42.2 Å². The van der Waals surface area contributed by atoms with E-state index in [1.165, 1.54) is 18.0 Å². The number of hydrazine groups is 2. The number of benzene rings is 1. The molecular weight excluding hydrogens is 490 g/mol. The molecule has 3 aromatic rings. The molecule has 2 aromatic heterocycles. The van der Waals surface area contributed by atoms with Crippen molar-refractivity contribution in [1.82, 2.24) is 36.0 Å². The number of aliphatic carboxylic acids is 1. The Kier molecular flexibility index (Phi) is 5.18. The number of ether oxygens (including phenoxy) is 3. The lowest BCUT2D eigenvalue weighted by Gasteiger charge is -2.31. The second kappa shape index (κ2) is 8.22. The van der Waals surface area contributed by atoms with Gasteiger partial charge in [0.2, 0.25) is 5.60 Å². The van der Waals surface area contributed by atoms with Crippen LogP contribution in [0, 0.1) is 0 Å². The Hall–Kier alpha value is -4.09. The van der Waals surface area contributed by atoms with Gasteiger partial charge in [-0.05, 0) is 5.56 Å². The summed E-state index contributed by atoms with van der Waals surface area (Å²) in [6, 6.07) is 8.80. The summed E-state index contributed by atoms with van der Waals surface area (Å²) in [5.41, 5.74) is 10.7. The highest BCUT2D eigenvalue weighted by molar-refractivity contribution is 6.08. The van der Waals surface area contributed by atoms with Crippen LogP contribution in [0.25, 0.3) is 11.2 Å². The first kappa shape index (κ1) is 23.3. The molecule has 0 amide bonds. The number of carboxylic acid groups (broad SMARTS) is 1. The van der Waals surface area contributed by atoms with Crippen LogP contribution in [-0.2, 0) is 20.7 Å². The number of imidazole rings is 1. The summed E-state index contributed by atoms with van der Waals surface area (Å²) < 4.78 is 18.4. The fraction of sp³-hybridized carbons (Fsp3) is 0.381. The SMILES string of the molecule is COc1nc(N)c2ncn([C@@H]3O[C@@H]4C(O[C@](Cc5ccccc5)(C(=O)O)C5=NNNN5)[C@]4(O)[C@H]3O)c2n1. The maximum Gasteiger partial charge on any atom is 0.344 e. The molecule has 16 nitrogen and oxygen atoms in total. The number of nitrogens with two attached hydrogens (primary N) is 1. The third kappa shape index (κ3) is 3.38. The molecule has 8 N–H and O–H groups in total. The molecule has 3 aliphatic rings. The summed E-state index contributed by atoms with van der Waals surface area (Å²) in [4.78, 5) is 25.0. The van der Waals surface area contributed by atoms with Crippen LogP contribution < -0.4 is 27.0 Å². The van der Waals surface area contributed by atoms with Gasteiger partial charge in [-0.2, -0.15) is 9.97 Å². The minimum absolute atomic E-state index is 0.0106. The largest absolute Gasteiger partial charge is 0.479 e. The number of aliphatic hydroxyl groups is 2. The molecule has 37 heavy (non-hydrogen) atoms. The van der Waals surface area contributed by atoms with Crippen LogP contribution in [0.15, 0.2) is 41.8 Å². The van der Waals surface area contributed by atoms with Crippen LogP contribution in [0.2, 0.25) is 0 Å². The topological polar surface area (TPSA) is 224 Å². The highest BCUT2D eigenvalue weighted by atomic mass is 16.6. The van der Waals surface area contributed by atoms with Gasteiger partial charge < -0.3 is 35.3 Å². The van der Waals surface area contributed by atoms with Crippen molar-refractivity contribution in [1.29, 1.82) is 0 Å². The average Bonchev–Trinajstić information content (AvgIpc) is 3.40. The number of aromatic nitrogens is 4. The molecule has 1 unspecified atom stereocenters. The number of hydrazone groups is 1. The zero-order chi connectivity index (χ0) is 25.9. The maximum absolute atomic E-state index is 12.6. The number of hydrogen-bond acceptors (Lipinski definition) is 14. The van der Waals surface area contributed by atoms with Crippen LogP contribution in [0.1, 0.15) is 11.8 Å². The normalized spacial score (nSPS) is 29.6. The van der Waals surface area contributed by atoms with E-state index in [4.69, 9.17) is 19.9 Å². The van der Waals surface area contributed by atoms with Crippen LogP contribution in [0.3, 0.4) is 0 Å². The van der Waals surface area contributed by atoms with Gasteiger partial charge in [-0.3, -0.25) is 9.99 Å². The number of carbonyl (C=O) groups is 1. The Morgan fingerprint density at radius 1 is 1.32 bits per heavy atom. The van der Waals surface area contributed by atoms with Crippen LogP contribution in [-0.4, -0.2) is 83.3 Å². The number of rotatable bonds is 8. The van der Waals surface area contributed by atoms with Gasteiger partial charge in [0, 0.05) is 6.42 Å². The molecule has 0 bridgehead atoms. The minimum atomic E-state index is -2.04. The highest BCUT2D eigenvalue weighted by Crippen LogP contribution is 2.56. The Morgan fingerprint density at radius 3 is 2.73 bits per heavy atom. The van der Waals surface area contributed by atoms with Gasteiger partial charge in [0.25, 0.3) is 0 Å². The summed E-state index contributed by atoms with van der Waals surface area (Å²) in [7, 11) is 1.38. The van der Waals surface area contributed by atoms with E-state index in [9.17, 15) is 20.1 Å². The molecular formula is C21H23N9O7. The number of hydrogen-bond donors (Lipinski definition) is 7.